The van der Waals surface area contributed by atoms with Crippen molar-refractivity contribution in [3.8, 4) is 0 Å². The summed E-state index contributed by atoms with van der Waals surface area (Å²) in [6.45, 7) is 1.02. The highest BCUT2D eigenvalue weighted by molar-refractivity contribution is 5.23. The quantitative estimate of drug-likeness (QED) is 0.719. The van der Waals surface area contributed by atoms with Crippen molar-refractivity contribution in [3.05, 3.63) is 35.9 Å². The van der Waals surface area contributed by atoms with E-state index in [1.807, 2.05) is 0 Å². The normalized spacial score (nSPS) is 16.4. The van der Waals surface area contributed by atoms with Gasteiger partial charge in [0.15, 0.2) is 5.60 Å². The van der Waals surface area contributed by atoms with Crippen molar-refractivity contribution in [2.75, 3.05) is 7.11 Å². The minimum Gasteiger partial charge on any atom is -0.364 e. The van der Waals surface area contributed by atoms with Crippen LogP contribution in [0.25, 0.3) is 0 Å². The summed E-state index contributed by atoms with van der Waals surface area (Å²) >= 11 is 0. The smallest absolute Gasteiger partial charge is 0.364 e. The average molecular weight is 204 g/mol. The summed E-state index contributed by atoms with van der Waals surface area (Å²) in [7, 11) is 1.06. The maximum atomic E-state index is 12.7. The third-order valence-electron chi connectivity index (χ3n) is 2.27. The van der Waals surface area contributed by atoms with Crippen LogP contribution in [0.15, 0.2) is 30.3 Å². The van der Waals surface area contributed by atoms with Crippen LogP contribution < -0.4 is 0 Å². The molecule has 1 aromatic rings. The standard InChI is InChI=1S/C10H11F3O/c1-9(14-2,10(11,12)13)8-6-4-3-5-7-8/h3-7H,1-2H3/t9-/m1/s1. The number of halogens is 3. The van der Waals surface area contributed by atoms with Gasteiger partial charge in [0.1, 0.15) is 0 Å². The van der Waals surface area contributed by atoms with E-state index in [2.05, 4.69) is 4.74 Å². The van der Waals surface area contributed by atoms with E-state index in [-0.39, 0.29) is 5.56 Å². The molecule has 4 heteroatoms. The van der Waals surface area contributed by atoms with E-state index in [4.69, 9.17) is 0 Å². The summed E-state index contributed by atoms with van der Waals surface area (Å²) in [5.41, 5.74) is -2.12. The first-order valence-electron chi connectivity index (χ1n) is 4.09. The SMILES string of the molecule is CO[C@](C)(c1ccccc1)C(F)(F)F. The van der Waals surface area contributed by atoms with Crippen LogP contribution in [0.5, 0.6) is 0 Å². The van der Waals surface area contributed by atoms with Crippen LogP contribution in [-0.2, 0) is 10.3 Å². The minimum atomic E-state index is -4.41. The lowest BCUT2D eigenvalue weighted by atomic mass is 9.95. The van der Waals surface area contributed by atoms with Crippen LogP contribution in [0, 0.1) is 0 Å². The molecule has 1 aromatic carbocycles. The van der Waals surface area contributed by atoms with Gasteiger partial charge in [0, 0.05) is 7.11 Å². The first-order chi connectivity index (χ1) is 6.42. The molecule has 0 saturated carbocycles. The Hall–Kier alpha value is -1.03. The fraction of sp³-hybridized carbons (Fsp3) is 0.400. The predicted molar refractivity (Wildman–Crippen MR) is 46.9 cm³/mol. The maximum absolute atomic E-state index is 12.7. The molecule has 0 fully saturated rings. The Balaban J connectivity index is 3.15. The van der Waals surface area contributed by atoms with Gasteiger partial charge in [-0.05, 0) is 12.5 Å². The summed E-state index contributed by atoms with van der Waals surface area (Å²) in [4.78, 5) is 0. The highest BCUT2D eigenvalue weighted by Crippen LogP contribution is 2.41. The highest BCUT2D eigenvalue weighted by atomic mass is 19.4. The molecule has 0 aliphatic heterocycles. The molecular formula is C10H11F3O. The summed E-state index contributed by atoms with van der Waals surface area (Å²) in [5.74, 6) is 0. The van der Waals surface area contributed by atoms with Gasteiger partial charge in [-0.15, -0.1) is 0 Å². The van der Waals surface area contributed by atoms with E-state index < -0.39 is 11.8 Å². The van der Waals surface area contributed by atoms with Crippen molar-refractivity contribution < 1.29 is 17.9 Å². The van der Waals surface area contributed by atoms with Gasteiger partial charge in [-0.1, -0.05) is 30.3 Å². The van der Waals surface area contributed by atoms with E-state index in [0.717, 1.165) is 14.0 Å². The van der Waals surface area contributed by atoms with Gasteiger partial charge < -0.3 is 4.74 Å². The van der Waals surface area contributed by atoms with Crippen LogP contribution in [-0.4, -0.2) is 13.3 Å². The topological polar surface area (TPSA) is 9.23 Å². The van der Waals surface area contributed by atoms with Crippen LogP contribution in [0.3, 0.4) is 0 Å². The second-order valence-electron chi connectivity index (χ2n) is 3.10. The Kier molecular flexibility index (Phi) is 2.85. The zero-order valence-corrected chi connectivity index (χ0v) is 7.93. The molecule has 1 atom stereocenters. The van der Waals surface area contributed by atoms with Gasteiger partial charge >= 0.3 is 6.18 Å². The third kappa shape index (κ3) is 1.75. The molecule has 0 aliphatic carbocycles. The number of hydrogen-bond donors (Lipinski definition) is 0. The molecule has 0 spiro atoms. The van der Waals surface area contributed by atoms with E-state index >= 15 is 0 Å². The number of alkyl halides is 3. The van der Waals surface area contributed by atoms with E-state index in [9.17, 15) is 13.2 Å². The van der Waals surface area contributed by atoms with E-state index in [1.165, 1.54) is 12.1 Å². The maximum Gasteiger partial charge on any atom is 0.421 e. The van der Waals surface area contributed by atoms with Crippen LogP contribution in [0.2, 0.25) is 0 Å². The molecule has 0 bridgehead atoms. The molecular weight excluding hydrogens is 193 g/mol. The van der Waals surface area contributed by atoms with Gasteiger partial charge in [-0.25, -0.2) is 0 Å². The molecule has 0 aromatic heterocycles. The largest absolute Gasteiger partial charge is 0.421 e. The third-order valence-corrected chi connectivity index (χ3v) is 2.27. The number of methoxy groups -OCH3 is 1. The fourth-order valence-electron chi connectivity index (χ4n) is 1.15. The zero-order chi connectivity index (χ0) is 10.8. The second-order valence-corrected chi connectivity index (χ2v) is 3.10. The molecule has 0 saturated heterocycles. The Bertz CT molecular complexity index is 294. The summed E-state index contributed by atoms with van der Waals surface area (Å²) in [6, 6.07) is 7.57. The van der Waals surface area contributed by atoms with Gasteiger partial charge in [0.25, 0.3) is 0 Å². The summed E-state index contributed by atoms with van der Waals surface area (Å²) in [5, 5.41) is 0. The zero-order valence-electron chi connectivity index (χ0n) is 7.93. The average Bonchev–Trinajstić information content (AvgIpc) is 2.16. The highest BCUT2D eigenvalue weighted by Gasteiger charge is 2.52. The van der Waals surface area contributed by atoms with Gasteiger partial charge in [-0.2, -0.15) is 13.2 Å². The molecule has 0 aliphatic rings. The summed E-state index contributed by atoms with van der Waals surface area (Å²) in [6.07, 6.45) is -4.41. The first-order valence-corrected chi connectivity index (χ1v) is 4.09. The number of ether oxygens (including phenoxy) is 1. The van der Waals surface area contributed by atoms with Gasteiger partial charge in [0.2, 0.25) is 0 Å². The van der Waals surface area contributed by atoms with E-state index in [1.54, 1.807) is 18.2 Å². The number of hydrogen-bond acceptors (Lipinski definition) is 1. The van der Waals surface area contributed by atoms with Crippen molar-refractivity contribution in [2.45, 2.75) is 18.7 Å². The summed E-state index contributed by atoms with van der Waals surface area (Å²) < 4.78 is 42.6. The van der Waals surface area contributed by atoms with Crippen molar-refractivity contribution in [2.24, 2.45) is 0 Å². The lowest BCUT2D eigenvalue weighted by molar-refractivity contribution is -0.269. The molecule has 78 valence electrons. The van der Waals surface area contributed by atoms with Crippen molar-refractivity contribution >= 4 is 0 Å². The van der Waals surface area contributed by atoms with Crippen molar-refractivity contribution in [1.82, 2.24) is 0 Å². The molecule has 0 unspecified atom stereocenters. The lowest BCUT2D eigenvalue weighted by Crippen LogP contribution is -2.41. The number of rotatable bonds is 2. The molecule has 0 N–H and O–H groups in total. The molecule has 1 nitrogen and oxygen atoms in total. The Morgan fingerprint density at radius 1 is 1.07 bits per heavy atom. The molecule has 0 heterocycles. The van der Waals surface area contributed by atoms with Crippen LogP contribution >= 0.6 is 0 Å². The fourth-order valence-corrected chi connectivity index (χ4v) is 1.15. The Morgan fingerprint density at radius 3 is 1.93 bits per heavy atom. The molecule has 0 amide bonds. The van der Waals surface area contributed by atoms with E-state index in [0.29, 0.717) is 0 Å². The first kappa shape index (κ1) is 11.0. The molecule has 0 radical (unpaired) electrons. The van der Waals surface area contributed by atoms with Crippen molar-refractivity contribution in [3.63, 3.8) is 0 Å². The monoisotopic (exact) mass is 204 g/mol. The second kappa shape index (κ2) is 3.61. The van der Waals surface area contributed by atoms with Crippen LogP contribution in [0.4, 0.5) is 13.2 Å². The lowest BCUT2D eigenvalue weighted by Gasteiger charge is -2.30. The number of benzene rings is 1. The Labute approximate surface area is 80.5 Å². The molecule has 1 rings (SSSR count). The van der Waals surface area contributed by atoms with Crippen molar-refractivity contribution in [1.29, 1.82) is 0 Å². The van der Waals surface area contributed by atoms with Gasteiger partial charge in [0.05, 0.1) is 0 Å². The molecule has 14 heavy (non-hydrogen) atoms. The van der Waals surface area contributed by atoms with Crippen LogP contribution in [0.1, 0.15) is 12.5 Å². The van der Waals surface area contributed by atoms with Gasteiger partial charge in [-0.3, -0.25) is 0 Å². The predicted octanol–water partition coefficient (Wildman–Crippen LogP) is 3.11. The minimum absolute atomic E-state index is 0.106. The Morgan fingerprint density at radius 2 is 1.57 bits per heavy atom.